The van der Waals surface area contributed by atoms with Gasteiger partial charge in [-0.1, -0.05) is 29.8 Å². The lowest BCUT2D eigenvalue weighted by molar-refractivity contribution is -0.121. The van der Waals surface area contributed by atoms with Gasteiger partial charge in [0.1, 0.15) is 24.0 Å². The molecule has 7 nitrogen and oxygen atoms in total. The number of hydrogen-bond acceptors (Lipinski definition) is 5. The lowest BCUT2D eigenvalue weighted by atomic mass is 9.94. The number of aromatic nitrogens is 3. The Morgan fingerprint density at radius 2 is 2.03 bits per heavy atom. The third-order valence-electron chi connectivity index (χ3n) is 5.93. The average Bonchev–Trinajstić information content (AvgIpc) is 3.23. The van der Waals surface area contributed by atoms with Crippen molar-refractivity contribution >= 4 is 23.1 Å². The van der Waals surface area contributed by atoms with Crippen LogP contribution in [0.5, 0.6) is 5.75 Å². The predicted molar refractivity (Wildman–Crippen MR) is 134 cm³/mol. The van der Waals surface area contributed by atoms with E-state index in [1.54, 1.807) is 0 Å². The summed E-state index contributed by atoms with van der Waals surface area (Å²) in [7, 11) is 0. The van der Waals surface area contributed by atoms with Crippen molar-refractivity contribution in [1.29, 1.82) is 0 Å². The van der Waals surface area contributed by atoms with E-state index in [1.165, 1.54) is 0 Å². The number of hydrogen-bond donors (Lipinski definition) is 2. The summed E-state index contributed by atoms with van der Waals surface area (Å²) in [6.45, 7) is 5.34. The van der Waals surface area contributed by atoms with Crippen LogP contribution in [0.1, 0.15) is 54.9 Å². The molecule has 2 heterocycles. The standard InChI is InChI=1S/C26H30ClN5O2/c1-3-29-25(33)15-19-5-4-6-22(18-7-9-20(27)10-8-18)23-16-21(34-14-13-28)11-12-24(23)32-17(2)30-31-26(19)32/h6-12,16,19H,3-5,13-15,28H2,1-2H3,(H,29,33). The van der Waals surface area contributed by atoms with Crippen LogP contribution in [0.3, 0.4) is 0 Å². The van der Waals surface area contributed by atoms with Crippen molar-refractivity contribution in [2.75, 3.05) is 19.7 Å². The summed E-state index contributed by atoms with van der Waals surface area (Å²) in [5.41, 5.74) is 9.73. The summed E-state index contributed by atoms with van der Waals surface area (Å²) in [5.74, 6) is 2.27. The zero-order chi connectivity index (χ0) is 24.1. The first-order chi connectivity index (χ1) is 16.5. The van der Waals surface area contributed by atoms with Crippen LogP contribution >= 0.6 is 11.6 Å². The number of amides is 1. The van der Waals surface area contributed by atoms with Gasteiger partial charge in [0.25, 0.3) is 0 Å². The minimum Gasteiger partial charge on any atom is -0.492 e. The fraction of sp³-hybridized carbons (Fsp3) is 0.346. The molecule has 0 radical (unpaired) electrons. The molecule has 178 valence electrons. The Morgan fingerprint density at radius 1 is 1.24 bits per heavy atom. The van der Waals surface area contributed by atoms with E-state index in [9.17, 15) is 4.79 Å². The minimum atomic E-state index is -0.0606. The van der Waals surface area contributed by atoms with Gasteiger partial charge in [0.05, 0.1) is 5.69 Å². The third-order valence-corrected chi connectivity index (χ3v) is 6.18. The molecule has 2 aromatic carbocycles. The normalized spacial score (nSPS) is 15.3. The Labute approximate surface area is 205 Å². The fourth-order valence-electron chi connectivity index (χ4n) is 4.39. The molecule has 0 saturated heterocycles. The van der Waals surface area contributed by atoms with E-state index in [-0.39, 0.29) is 11.8 Å². The predicted octanol–water partition coefficient (Wildman–Crippen LogP) is 4.40. The quantitative estimate of drug-likeness (QED) is 0.523. The summed E-state index contributed by atoms with van der Waals surface area (Å²) >= 11 is 6.17. The first kappa shape index (κ1) is 24.0. The summed E-state index contributed by atoms with van der Waals surface area (Å²) in [5, 5.41) is 12.5. The summed E-state index contributed by atoms with van der Waals surface area (Å²) < 4.78 is 7.93. The number of nitrogens with two attached hydrogens (primary N) is 1. The van der Waals surface area contributed by atoms with Gasteiger partial charge < -0.3 is 15.8 Å². The molecule has 0 fully saturated rings. The Bertz CT molecular complexity index is 1190. The summed E-state index contributed by atoms with van der Waals surface area (Å²) in [4.78, 5) is 12.5. The number of nitrogens with zero attached hydrogens (tertiary/aromatic N) is 3. The van der Waals surface area contributed by atoms with E-state index in [0.717, 1.165) is 52.6 Å². The average molecular weight is 480 g/mol. The molecule has 1 unspecified atom stereocenters. The van der Waals surface area contributed by atoms with Crippen LogP contribution in [0.25, 0.3) is 11.3 Å². The second-order valence-corrected chi connectivity index (χ2v) is 8.75. The number of ether oxygens (including phenoxy) is 1. The van der Waals surface area contributed by atoms with Gasteiger partial charge in [-0.05, 0) is 68.2 Å². The summed E-state index contributed by atoms with van der Waals surface area (Å²) in [6, 6.07) is 13.8. The smallest absolute Gasteiger partial charge is 0.220 e. The molecule has 1 amide bonds. The number of aryl methyl sites for hydroxylation is 1. The number of allylic oxidation sites excluding steroid dienone is 1. The van der Waals surface area contributed by atoms with Crippen LogP contribution in [-0.2, 0) is 4.79 Å². The number of carbonyl (C=O) groups excluding carboxylic acids is 1. The van der Waals surface area contributed by atoms with Gasteiger partial charge in [0, 0.05) is 36.0 Å². The first-order valence-corrected chi connectivity index (χ1v) is 12.0. The lowest BCUT2D eigenvalue weighted by Gasteiger charge is -2.19. The third kappa shape index (κ3) is 5.16. The Morgan fingerprint density at radius 3 is 2.76 bits per heavy atom. The largest absolute Gasteiger partial charge is 0.492 e. The Kier molecular flexibility index (Phi) is 7.65. The van der Waals surface area contributed by atoms with Gasteiger partial charge in [-0.2, -0.15) is 0 Å². The molecule has 1 aromatic heterocycles. The molecule has 1 aliphatic rings. The maximum Gasteiger partial charge on any atom is 0.220 e. The minimum absolute atomic E-state index is 0.0200. The topological polar surface area (TPSA) is 95.1 Å². The second-order valence-electron chi connectivity index (χ2n) is 8.31. The molecule has 8 heteroatoms. The Hall–Kier alpha value is -3.16. The number of halogens is 1. The van der Waals surface area contributed by atoms with E-state index < -0.39 is 0 Å². The number of nitrogens with one attached hydrogen (secondary N) is 1. The molecule has 1 atom stereocenters. The SMILES string of the molecule is CCNC(=O)CC1CCC=C(c2ccc(Cl)cc2)c2cc(OCCN)ccc2-n2c(C)nnc21. The lowest BCUT2D eigenvalue weighted by Crippen LogP contribution is -2.25. The van der Waals surface area contributed by atoms with Crippen LogP contribution in [-0.4, -0.2) is 40.4 Å². The second kappa shape index (κ2) is 10.8. The van der Waals surface area contributed by atoms with Crippen LogP contribution < -0.4 is 15.8 Å². The van der Waals surface area contributed by atoms with Crippen LogP contribution in [0, 0.1) is 6.92 Å². The van der Waals surface area contributed by atoms with E-state index in [1.807, 2.05) is 56.3 Å². The molecule has 0 saturated carbocycles. The maximum absolute atomic E-state index is 12.5. The number of fused-ring (bicyclic) bond motifs is 3. The van der Waals surface area contributed by atoms with Crippen molar-refractivity contribution in [3.63, 3.8) is 0 Å². The molecular weight excluding hydrogens is 450 g/mol. The van der Waals surface area contributed by atoms with E-state index >= 15 is 0 Å². The highest BCUT2D eigenvalue weighted by Crippen LogP contribution is 2.37. The number of rotatable bonds is 7. The molecule has 3 N–H and O–H groups in total. The molecule has 0 aliphatic carbocycles. The van der Waals surface area contributed by atoms with Gasteiger partial charge in [-0.15, -0.1) is 10.2 Å². The molecule has 1 aliphatic heterocycles. The van der Waals surface area contributed by atoms with Crippen molar-refractivity contribution in [3.8, 4) is 11.4 Å². The first-order valence-electron chi connectivity index (χ1n) is 11.6. The molecule has 0 spiro atoms. The van der Waals surface area contributed by atoms with Crippen LogP contribution in [0.2, 0.25) is 5.02 Å². The van der Waals surface area contributed by atoms with Crippen LogP contribution in [0.15, 0.2) is 48.5 Å². The van der Waals surface area contributed by atoms with Gasteiger partial charge in [-0.3, -0.25) is 9.36 Å². The number of benzene rings is 2. The maximum atomic E-state index is 12.5. The molecule has 3 aromatic rings. The summed E-state index contributed by atoms with van der Waals surface area (Å²) in [6.07, 6.45) is 4.15. The van der Waals surface area contributed by atoms with Crippen molar-refractivity contribution in [2.45, 2.75) is 39.0 Å². The van der Waals surface area contributed by atoms with Crippen molar-refractivity contribution < 1.29 is 9.53 Å². The van der Waals surface area contributed by atoms with Crippen molar-refractivity contribution in [2.24, 2.45) is 5.73 Å². The van der Waals surface area contributed by atoms with Crippen molar-refractivity contribution in [1.82, 2.24) is 20.1 Å². The Balaban J connectivity index is 1.89. The fourth-order valence-corrected chi connectivity index (χ4v) is 4.52. The van der Waals surface area contributed by atoms with Gasteiger partial charge in [-0.25, -0.2) is 0 Å². The van der Waals surface area contributed by atoms with E-state index in [4.69, 9.17) is 22.1 Å². The highest BCUT2D eigenvalue weighted by atomic mass is 35.5. The highest BCUT2D eigenvalue weighted by molar-refractivity contribution is 6.30. The zero-order valence-corrected chi connectivity index (χ0v) is 20.3. The van der Waals surface area contributed by atoms with E-state index in [0.29, 0.717) is 31.1 Å². The monoisotopic (exact) mass is 479 g/mol. The zero-order valence-electron chi connectivity index (χ0n) is 19.6. The van der Waals surface area contributed by atoms with E-state index in [2.05, 4.69) is 26.2 Å². The molecule has 4 rings (SSSR count). The van der Waals surface area contributed by atoms with Crippen molar-refractivity contribution in [3.05, 3.63) is 76.3 Å². The van der Waals surface area contributed by atoms with Crippen LogP contribution in [0.4, 0.5) is 0 Å². The molecular formula is C26H30ClN5O2. The molecule has 0 bridgehead atoms. The van der Waals surface area contributed by atoms with Gasteiger partial charge >= 0.3 is 0 Å². The van der Waals surface area contributed by atoms with Gasteiger partial charge in [0.2, 0.25) is 5.91 Å². The number of carbonyl (C=O) groups is 1. The highest BCUT2D eigenvalue weighted by Gasteiger charge is 2.27. The van der Waals surface area contributed by atoms with Gasteiger partial charge in [0.15, 0.2) is 0 Å². The molecule has 34 heavy (non-hydrogen) atoms.